The highest BCUT2D eigenvalue weighted by molar-refractivity contribution is 7.18. The molecule has 0 aliphatic rings. The molecule has 0 saturated heterocycles. The summed E-state index contributed by atoms with van der Waals surface area (Å²) in [6.07, 6.45) is 0. The number of rotatable bonds is 4. The minimum absolute atomic E-state index is 0.0894. The lowest BCUT2D eigenvalue weighted by Gasteiger charge is -2.00. The van der Waals surface area contributed by atoms with Crippen molar-refractivity contribution in [1.29, 1.82) is 0 Å². The van der Waals surface area contributed by atoms with E-state index in [1.807, 2.05) is 31.2 Å². The van der Waals surface area contributed by atoms with Crippen molar-refractivity contribution in [2.24, 2.45) is 0 Å². The molecule has 0 spiro atoms. The van der Waals surface area contributed by atoms with Crippen LogP contribution in [-0.4, -0.2) is 37.4 Å². The third-order valence-corrected chi connectivity index (χ3v) is 3.95. The van der Waals surface area contributed by atoms with Gasteiger partial charge in [-0.25, -0.2) is 4.98 Å². The van der Waals surface area contributed by atoms with Crippen molar-refractivity contribution < 1.29 is 9.84 Å². The van der Waals surface area contributed by atoms with Crippen molar-refractivity contribution in [3.8, 4) is 32.9 Å². The smallest absolute Gasteiger partial charge is 0.234 e. The number of hydrogen-bond donors (Lipinski definition) is 1. The van der Waals surface area contributed by atoms with Gasteiger partial charge in [-0.3, -0.25) is 0 Å². The fourth-order valence-corrected chi connectivity index (χ4v) is 2.69. The molecule has 0 aliphatic carbocycles. The van der Waals surface area contributed by atoms with Gasteiger partial charge < -0.3 is 9.84 Å². The summed E-state index contributed by atoms with van der Waals surface area (Å²) in [6, 6.07) is 7.49. The zero-order valence-corrected chi connectivity index (χ0v) is 12.3. The van der Waals surface area contributed by atoms with Crippen molar-refractivity contribution in [3.05, 3.63) is 24.3 Å². The Kier molecular flexibility index (Phi) is 3.53. The van der Waals surface area contributed by atoms with E-state index < -0.39 is 0 Å². The van der Waals surface area contributed by atoms with E-state index >= 15 is 0 Å². The molecule has 1 aromatic carbocycles. The number of methoxy groups -OCH3 is 1. The first-order chi connectivity index (χ1) is 10.2. The minimum Gasteiger partial charge on any atom is -0.497 e. The molecule has 0 fully saturated rings. The first-order valence-electron chi connectivity index (χ1n) is 6.33. The summed E-state index contributed by atoms with van der Waals surface area (Å²) < 4.78 is 5.19. The lowest BCUT2D eigenvalue weighted by Crippen LogP contribution is -1.98. The summed E-state index contributed by atoms with van der Waals surface area (Å²) in [5.41, 5.74) is 0.865. The van der Waals surface area contributed by atoms with Gasteiger partial charge in [-0.05, 0) is 24.3 Å². The van der Waals surface area contributed by atoms with E-state index in [9.17, 15) is 5.11 Å². The van der Waals surface area contributed by atoms with Crippen molar-refractivity contribution in [2.45, 2.75) is 13.5 Å². The van der Waals surface area contributed by atoms with Crippen LogP contribution in [0, 0.1) is 0 Å². The number of aromatic hydroxyl groups is 1. The lowest BCUT2D eigenvalue weighted by atomic mass is 10.2. The molecule has 0 amide bonds. The SMILES string of the molecule is CCn1nnc(-c2sc(-c3cccc(OC)c3)nc2O)n1. The Labute approximate surface area is 124 Å². The minimum atomic E-state index is -0.0894. The Balaban J connectivity index is 2.00. The van der Waals surface area contributed by atoms with Crippen molar-refractivity contribution in [3.63, 3.8) is 0 Å². The number of ether oxygens (including phenoxy) is 1. The highest BCUT2D eigenvalue weighted by Crippen LogP contribution is 2.38. The lowest BCUT2D eigenvalue weighted by molar-refractivity contribution is 0.415. The maximum Gasteiger partial charge on any atom is 0.234 e. The van der Waals surface area contributed by atoms with Crippen LogP contribution < -0.4 is 4.74 Å². The molecule has 7 nitrogen and oxygen atoms in total. The van der Waals surface area contributed by atoms with E-state index in [1.54, 1.807) is 7.11 Å². The molecule has 1 N–H and O–H groups in total. The molecular formula is C13H13N5O2S. The summed E-state index contributed by atoms with van der Waals surface area (Å²) in [5, 5.41) is 22.7. The van der Waals surface area contributed by atoms with E-state index in [0.29, 0.717) is 22.3 Å². The number of thiazole rings is 1. The van der Waals surface area contributed by atoms with E-state index in [1.165, 1.54) is 16.1 Å². The standard InChI is InChI=1S/C13H13N5O2S/c1-3-18-16-11(15-17-18)10-12(19)14-13(21-10)8-5-4-6-9(7-8)20-2/h4-7,19H,3H2,1-2H3. The molecule has 0 atom stereocenters. The summed E-state index contributed by atoms with van der Waals surface area (Å²) in [7, 11) is 1.61. The first kappa shape index (κ1) is 13.5. The van der Waals surface area contributed by atoms with Crippen LogP contribution in [0.1, 0.15) is 6.92 Å². The van der Waals surface area contributed by atoms with Gasteiger partial charge in [0, 0.05) is 5.56 Å². The fourth-order valence-electron chi connectivity index (χ4n) is 1.81. The van der Waals surface area contributed by atoms with Gasteiger partial charge in [0.1, 0.15) is 15.6 Å². The average molecular weight is 303 g/mol. The largest absolute Gasteiger partial charge is 0.497 e. The number of aryl methyl sites for hydroxylation is 1. The van der Waals surface area contributed by atoms with E-state index in [0.717, 1.165) is 11.3 Å². The molecule has 0 unspecified atom stereocenters. The topological polar surface area (TPSA) is 86.0 Å². The predicted molar refractivity (Wildman–Crippen MR) is 78.3 cm³/mol. The molecule has 108 valence electrons. The first-order valence-corrected chi connectivity index (χ1v) is 7.15. The molecule has 0 aliphatic heterocycles. The molecule has 21 heavy (non-hydrogen) atoms. The van der Waals surface area contributed by atoms with Crippen LogP contribution in [0.15, 0.2) is 24.3 Å². The zero-order valence-electron chi connectivity index (χ0n) is 11.5. The van der Waals surface area contributed by atoms with Gasteiger partial charge in [0.2, 0.25) is 11.7 Å². The summed E-state index contributed by atoms with van der Waals surface area (Å²) in [4.78, 5) is 6.13. The van der Waals surface area contributed by atoms with E-state index in [2.05, 4.69) is 20.4 Å². The van der Waals surface area contributed by atoms with Crippen LogP contribution in [-0.2, 0) is 6.54 Å². The predicted octanol–water partition coefficient (Wildman–Crippen LogP) is 2.20. The second kappa shape index (κ2) is 5.49. The van der Waals surface area contributed by atoms with Crippen molar-refractivity contribution >= 4 is 11.3 Å². The Morgan fingerprint density at radius 3 is 2.95 bits per heavy atom. The Bertz CT molecular complexity index is 768. The number of aromatic nitrogens is 5. The highest BCUT2D eigenvalue weighted by Gasteiger charge is 2.18. The molecule has 2 aromatic heterocycles. The summed E-state index contributed by atoms with van der Waals surface area (Å²) in [6.45, 7) is 2.54. The van der Waals surface area contributed by atoms with E-state index in [-0.39, 0.29) is 5.88 Å². The number of benzene rings is 1. The van der Waals surface area contributed by atoms with Gasteiger partial charge in [0.15, 0.2) is 0 Å². The van der Waals surface area contributed by atoms with Crippen LogP contribution in [0.4, 0.5) is 0 Å². The maximum atomic E-state index is 10.0. The van der Waals surface area contributed by atoms with Gasteiger partial charge in [-0.2, -0.15) is 4.80 Å². The van der Waals surface area contributed by atoms with Crippen LogP contribution in [0.5, 0.6) is 11.6 Å². The Hall–Kier alpha value is -2.48. The molecule has 2 heterocycles. The van der Waals surface area contributed by atoms with Crippen molar-refractivity contribution in [2.75, 3.05) is 7.11 Å². The average Bonchev–Trinajstić information content (AvgIpc) is 3.13. The molecular weight excluding hydrogens is 290 g/mol. The third kappa shape index (κ3) is 2.57. The molecule has 0 radical (unpaired) electrons. The second-order valence-electron chi connectivity index (χ2n) is 4.21. The maximum absolute atomic E-state index is 10.0. The highest BCUT2D eigenvalue weighted by atomic mass is 32.1. The number of nitrogens with zero attached hydrogens (tertiary/aromatic N) is 5. The van der Waals surface area contributed by atoms with Gasteiger partial charge in [0.05, 0.1) is 13.7 Å². The fraction of sp³-hybridized carbons (Fsp3) is 0.231. The van der Waals surface area contributed by atoms with Crippen LogP contribution in [0.25, 0.3) is 21.3 Å². The van der Waals surface area contributed by atoms with Gasteiger partial charge in [-0.15, -0.1) is 21.5 Å². The Morgan fingerprint density at radius 2 is 2.24 bits per heavy atom. The van der Waals surface area contributed by atoms with Crippen LogP contribution >= 0.6 is 11.3 Å². The molecule has 8 heteroatoms. The third-order valence-electron chi connectivity index (χ3n) is 2.86. The second-order valence-corrected chi connectivity index (χ2v) is 5.20. The molecule has 3 aromatic rings. The molecule has 3 rings (SSSR count). The quantitative estimate of drug-likeness (QED) is 0.795. The summed E-state index contributed by atoms with van der Waals surface area (Å²) >= 11 is 1.31. The monoisotopic (exact) mass is 303 g/mol. The van der Waals surface area contributed by atoms with Crippen LogP contribution in [0.3, 0.4) is 0 Å². The van der Waals surface area contributed by atoms with Gasteiger partial charge >= 0.3 is 0 Å². The molecule has 0 bridgehead atoms. The summed E-state index contributed by atoms with van der Waals surface area (Å²) in [5.74, 6) is 1.02. The van der Waals surface area contributed by atoms with Gasteiger partial charge in [0.25, 0.3) is 0 Å². The normalized spacial score (nSPS) is 10.8. The van der Waals surface area contributed by atoms with Crippen molar-refractivity contribution in [1.82, 2.24) is 25.2 Å². The molecule has 0 saturated carbocycles. The van der Waals surface area contributed by atoms with Crippen LogP contribution in [0.2, 0.25) is 0 Å². The Morgan fingerprint density at radius 1 is 1.38 bits per heavy atom. The van der Waals surface area contributed by atoms with E-state index in [4.69, 9.17) is 4.74 Å². The number of hydrogen-bond acceptors (Lipinski definition) is 7. The van der Waals surface area contributed by atoms with Gasteiger partial charge in [-0.1, -0.05) is 12.1 Å². The number of tetrazole rings is 1. The zero-order chi connectivity index (χ0) is 14.8.